The van der Waals surface area contributed by atoms with Crippen LogP contribution in [0, 0.1) is 5.92 Å². The maximum atomic E-state index is 6.28. The number of piperidine rings is 1. The number of rotatable bonds is 2. The summed E-state index contributed by atoms with van der Waals surface area (Å²) >= 11 is 6.28. The normalized spacial score (nSPS) is 27.3. The second-order valence-electron chi connectivity index (χ2n) is 5.54. The van der Waals surface area contributed by atoms with Gasteiger partial charge in [0.15, 0.2) is 0 Å². The van der Waals surface area contributed by atoms with Crippen molar-refractivity contribution in [3.63, 3.8) is 0 Å². The summed E-state index contributed by atoms with van der Waals surface area (Å²) in [6.45, 7) is 1.69. The molecule has 1 saturated heterocycles. The number of anilines is 1. The fourth-order valence-electron chi connectivity index (χ4n) is 3.77. The Morgan fingerprint density at radius 3 is 2.89 bits per heavy atom. The smallest absolute Gasteiger partial charge is 0.0471 e. The Bertz CT molecular complexity index is 433. The zero-order chi connectivity index (χ0) is 12.5. The quantitative estimate of drug-likeness (QED) is 0.885. The number of nitrogens with two attached hydrogens (primary N) is 1. The van der Waals surface area contributed by atoms with Crippen LogP contribution in [0.4, 0.5) is 5.69 Å². The Hall–Kier alpha value is -0.730. The van der Waals surface area contributed by atoms with Crippen LogP contribution >= 0.6 is 11.6 Å². The molecular formula is C15H21ClN2. The number of halogens is 1. The third-order valence-corrected chi connectivity index (χ3v) is 4.96. The predicted octanol–water partition coefficient (Wildman–Crippen LogP) is 3.57. The van der Waals surface area contributed by atoms with Crippen LogP contribution in [-0.4, -0.2) is 12.6 Å². The van der Waals surface area contributed by atoms with Crippen molar-refractivity contribution in [2.75, 3.05) is 11.4 Å². The van der Waals surface area contributed by atoms with Gasteiger partial charge in [0.05, 0.1) is 0 Å². The Morgan fingerprint density at radius 1 is 1.22 bits per heavy atom. The van der Waals surface area contributed by atoms with Gasteiger partial charge in [-0.25, -0.2) is 0 Å². The van der Waals surface area contributed by atoms with E-state index in [1.165, 1.54) is 37.8 Å². The SMILES string of the molecule is NCc1c(Cl)cccc1N1CCCC2CCCC21. The van der Waals surface area contributed by atoms with E-state index in [0.29, 0.717) is 6.54 Å². The molecule has 3 rings (SSSR count). The minimum absolute atomic E-state index is 0.531. The summed E-state index contributed by atoms with van der Waals surface area (Å²) in [5.74, 6) is 0.892. The number of fused-ring (bicyclic) bond motifs is 1. The molecule has 18 heavy (non-hydrogen) atoms. The molecule has 2 fully saturated rings. The molecule has 0 radical (unpaired) electrons. The van der Waals surface area contributed by atoms with Crippen molar-refractivity contribution >= 4 is 17.3 Å². The standard InChI is InChI=1S/C15H21ClN2/c16-13-6-2-8-15(12(13)10-17)18-9-3-5-11-4-1-7-14(11)18/h2,6,8,11,14H,1,3-5,7,9-10,17H2. The highest BCUT2D eigenvalue weighted by Crippen LogP contribution is 2.40. The van der Waals surface area contributed by atoms with Gasteiger partial charge in [-0.3, -0.25) is 0 Å². The van der Waals surface area contributed by atoms with Crippen LogP contribution in [0.25, 0.3) is 0 Å². The zero-order valence-corrected chi connectivity index (χ0v) is 11.5. The van der Waals surface area contributed by atoms with E-state index in [-0.39, 0.29) is 0 Å². The fraction of sp³-hybridized carbons (Fsp3) is 0.600. The highest BCUT2D eigenvalue weighted by Gasteiger charge is 2.35. The number of benzene rings is 1. The van der Waals surface area contributed by atoms with Gasteiger partial charge in [-0.15, -0.1) is 0 Å². The lowest BCUT2D eigenvalue weighted by molar-refractivity contribution is 0.362. The van der Waals surface area contributed by atoms with E-state index in [1.807, 2.05) is 6.07 Å². The summed E-state index contributed by atoms with van der Waals surface area (Å²) in [7, 11) is 0. The third-order valence-electron chi connectivity index (χ3n) is 4.60. The van der Waals surface area contributed by atoms with E-state index in [4.69, 9.17) is 17.3 Å². The molecule has 2 nitrogen and oxygen atoms in total. The van der Waals surface area contributed by atoms with Crippen molar-refractivity contribution < 1.29 is 0 Å². The van der Waals surface area contributed by atoms with Gasteiger partial charge in [0.1, 0.15) is 0 Å². The minimum Gasteiger partial charge on any atom is -0.368 e. The monoisotopic (exact) mass is 264 g/mol. The fourth-order valence-corrected chi connectivity index (χ4v) is 4.02. The number of nitrogens with zero attached hydrogens (tertiary/aromatic N) is 1. The highest BCUT2D eigenvalue weighted by atomic mass is 35.5. The molecule has 1 aliphatic carbocycles. The first kappa shape index (κ1) is 12.3. The van der Waals surface area contributed by atoms with E-state index >= 15 is 0 Å². The average molecular weight is 265 g/mol. The van der Waals surface area contributed by atoms with E-state index in [0.717, 1.165) is 29.1 Å². The molecule has 1 aliphatic heterocycles. The molecule has 1 saturated carbocycles. The molecule has 2 unspecified atom stereocenters. The van der Waals surface area contributed by atoms with Crippen LogP contribution in [0.15, 0.2) is 18.2 Å². The molecule has 1 aromatic carbocycles. The lowest BCUT2D eigenvalue weighted by Crippen LogP contribution is -2.43. The highest BCUT2D eigenvalue weighted by molar-refractivity contribution is 6.31. The molecule has 0 aromatic heterocycles. The van der Waals surface area contributed by atoms with Crippen molar-refractivity contribution in [3.05, 3.63) is 28.8 Å². The molecule has 0 bridgehead atoms. The predicted molar refractivity (Wildman–Crippen MR) is 77.1 cm³/mol. The molecule has 0 amide bonds. The maximum absolute atomic E-state index is 6.28. The van der Waals surface area contributed by atoms with Gasteiger partial charge in [-0.05, 0) is 43.7 Å². The molecule has 3 heteroatoms. The summed E-state index contributed by atoms with van der Waals surface area (Å²) in [6.07, 6.45) is 6.82. The van der Waals surface area contributed by atoms with Crippen LogP contribution in [-0.2, 0) is 6.54 Å². The van der Waals surface area contributed by atoms with Crippen LogP contribution in [0.2, 0.25) is 5.02 Å². The maximum Gasteiger partial charge on any atom is 0.0471 e. The third kappa shape index (κ3) is 2.02. The van der Waals surface area contributed by atoms with Crippen molar-refractivity contribution in [1.82, 2.24) is 0 Å². The first-order valence-corrected chi connectivity index (χ1v) is 7.43. The molecule has 1 aromatic rings. The molecule has 2 atom stereocenters. The molecule has 2 N–H and O–H groups in total. The number of hydrogen-bond donors (Lipinski definition) is 1. The van der Waals surface area contributed by atoms with Crippen molar-refractivity contribution in [2.45, 2.75) is 44.7 Å². The van der Waals surface area contributed by atoms with E-state index in [2.05, 4.69) is 17.0 Å². The van der Waals surface area contributed by atoms with Gasteiger partial charge in [0.25, 0.3) is 0 Å². The first-order chi connectivity index (χ1) is 8.81. The second-order valence-corrected chi connectivity index (χ2v) is 5.94. The van der Waals surface area contributed by atoms with Gasteiger partial charge < -0.3 is 10.6 Å². The summed E-state index contributed by atoms with van der Waals surface area (Å²) in [6, 6.07) is 6.91. The number of hydrogen-bond acceptors (Lipinski definition) is 2. The van der Waals surface area contributed by atoms with Crippen molar-refractivity contribution in [1.29, 1.82) is 0 Å². The van der Waals surface area contributed by atoms with Crippen LogP contribution in [0.1, 0.15) is 37.7 Å². The summed E-state index contributed by atoms with van der Waals surface area (Å²) in [4.78, 5) is 2.58. The molecule has 2 aliphatic rings. The van der Waals surface area contributed by atoms with Gasteiger partial charge in [-0.2, -0.15) is 0 Å². The second kappa shape index (κ2) is 5.10. The topological polar surface area (TPSA) is 29.3 Å². The van der Waals surface area contributed by atoms with Crippen molar-refractivity contribution in [3.8, 4) is 0 Å². The average Bonchev–Trinajstić information content (AvgIpc) is 2.86. The Morgan fingerprint density at radius 2 is 2.06 bits per heavy atom. The van der Waals surface area contributed by atoms with Gasteiger partial charge in [0, 0.05) is 35.4 Å². The van der Waals surface area contributed by atoms with Crippen LogP contribution in [0.3, 0.4) is 0 Å². The van der Waals surface area contributed by atoms with Crippen LogP contribution < -0.4 is 10.6 Å². The summed E-state index contributed by atoms with van der Waals surface area (Å²) in [5, 5.41) is 0.815. The van der Waals surface area contributed by atoms with Crippen LogP contribution in [0.5, 0.6) is 0 Å². The Kier molecular flexibility index (Phi) is 3.49. The summed E-state index contributed by atoms with van der Waals surface area (Å²) < 4.78 is 0. The molecular weight excluding hydrogens is 244 g/mol. The summed E-state index contributed by atoms with van der Waals surface area (Å²) in [5.41, 5.74) is 8.28. The van der Waals surface area contributed by atoms with E-state index < -0.39 is 0 Å². The lowest BCUT2D eigenvalue weighted by atomic mass is 9.91. The molecule has 0 spiro atoms. The lowest BCUT2D eigenvalue weighted by Gasteiger charge is -2.40. The largest absolute Gasteiger partial charge is 0.368 e. The van der Waals surface area contributed by atoms with E-state index in [1.54, 1.807) is 0 Å². The Labute approximate surface area is 114 Å². The minimum atomic E-state index is 0.531. The molecule has 98 valence electrons. The molecule has 1 heterocycles. The Balaban J connectivity index is 1.96. The zero-order valence-electron chi connectivity index (χ0n) is 10.7. The van der Waals surface area contributed by atoms with Gasteiger partial charge in [-0.1, -0.05) is 24.1 Å². The van der Waals surface area contributed by atoms with Crippen molar-refractivity contribution in [2.24, 2.45) is 11.7 Å². The van der Waals surface area contributed by atoms with Gasteiger partial charge in [0.2, 0.25) is 0 Å². The van der Waals surface area contributed by atoms with E-state index in [9.17, 15) is 0 Å². The van der Waals surface area contributed by atoms with Gasteiger partial charge >= 0.3 is 0 Å². The first-order valence-electron chi connectivity index (χ1n) is 7.05.